The topological polar surface area (TPSA) is 61.8 Å². The fourth-order valence-electron chi connectivity index (χ4n) is 3.22. The lowest BCUT2D eigenvalue weighted by Crippen LogP contribution is -2.17. The minimum absolute atomic E-state index is 0.0301. The Kier molecular flexibility index (Phi) is 19.2. The fraction of sp³-hybridized carbons (Fsp3) is 0.769. The molecule has 0 aromatic carbocycles. The third-order valence-electron chi connectivity index (χ3n) is 5.24. The first-order valence-corrected chi connectivity index (χ1v) is 12.2. The van der Waals surface area contributed by atoms with Gasteiger partial charge in [-0.3, -0.25) is 4.89 Å². The highest BCUT2D eigenvalue weighted by molar-refractivity contribution is 5.87. The van der Waals surface area contributed by atoms with Crippen LogP contribution in [0.1, 0.15) is 117 Å². The molecule has 0 saturated heterocycles. The average molecular weight is 439 g/mol. The van der Waals surface area contributed by atoms with E-state index in [1.165, 1.54) is 44.9 Å². The normalized spacial score (nSPS) is 11.7. The van der Waals surface area contributed by atoms with Gasteiger partial charge in [0, 0.05) is 11.1 Å². The van der Waals surface area contributed by atoms with Gasteiger partial charge in [0.05, 0.1) is 6.61 Å². The van der Waals surface area contributed by atoms with Crippen molar-refractivity contribution in [2.24, 2.45) is 0 Å². The first kappa shape index (κ1) is 29.4. The summed E-state index contributed by atoms with van der Waals surface area (Å²) in [6.07, 6.45) is 16.9. The monoisotopic (exact) mass is 438 g/mol. The molecule has 0 N–H and O–H groups in total. The standard InChI is InChI=1S/C26H46O5/c1-6-7-8-9-13-16-19-24(30-31-26(28)23(4)5)20-17-14-11-10-12-15-18-21-29-25(27)22(2)3/h24H,2,4,6-21H2,1,3,5H3. The number of ether oxygens (including phenoxy) is 1. The van der Waals surface area contributed by atoms with E-state index in [1.807, 2.05) is 0 Å². The van der Waals surface area contributed by atoms with Crippen LogP contribution in [0.3, 0.4) is 0 Å². The van der Waals surface area contributed by atoms with E-state index in [0.29, 0.717) is 17.8 Å². The van der Waals surface area contributed by atoms with Gasteiger partial charge in [0.2, 0.25) is 0 Å². The van der Waals surface area contributed by atoms with Gasteiger partial charge >= 0.3 is 11.9 Å². The number of hydrogen-bond donors (Lipinski definition) is 0. The fourth-order valence-corrected chi connectivity index (χ4v) is 3.22. The van der Waals surface area contributed by atoms with Crippen molar-refractivity contribution >= 4 is 11.9 Å². The van der Waals surface area contributed by atoms with Gasteiger partial charge in [0.25, 0.3) is 0 Å². The van der Waals surface area contributed by atoms with Crippen LogP contribution < -0.4 is 0 Å². The molecule has 0 heterocycles. The van der Waals surface area contributed by atoms with Gasteiger partial charge in [-0.25, -0.2) is 9.59 Å². The molecule has 0 aliphatic carbocycles. The third kappa shape index (κ3) is 18.8. The predicted molar refractivity (Wildman–Crippen MR) is 126 cm³/mol. The van der Waals surface area contributed by atoms with Gasteiger partial charge in [-0.15, -0.1) is 0 Å². The highest BCUT2D eigenvalue weighted by atomic mass is 17.2. The Bertz CT molecular complexity index is 512. The second kappa shape index (κ2) is 20.3. The van der Waals surface area contributed by atoms with Crippen LogP contribution in [0.15, 0.2) is 24.3 Å². The molecule has 0 bridgehead atoms. The molecule has 0 saturated carbocycles. The van der Waals surface area contributed by atoms with Crippen molar-refractivity contribution in [3.63, 3.8) is 0 Å². The molecular weight excluding hydrogens is 392 g/mol. The number of carbonyl (C=O) groups excluding carboxylic acids is 2. The first-order valence-electron chi connectivity index (χ1n) is 12.2. The van der Waals surface area contributed by atoms with E-state index in [-0.39, 0.29) is 12.1 Å². The molecule has 0 aliphatic heterocycles. The summed E-state index contributed by atoms with van der Waals surface area (Å²) in [5, 5.41) is 0. The van der Waals surface area contributed by atoms with Gasteiger partial charge in [-0.1, -0.05) is 97.1 Å². The number of esters is 1. The minimum atomic E-state index is -0.484. The average Bonchev–Trinajstić information content (AvgIpc) is 2.74. The zero-order valence-corrected chi connectivity index (χ0v) is 20.3. The van der Waals surface area contributed by atoms with E-state index < -0.39 is 5.97 Å². The summed E-state index contributed by atoms with van der Waals surface area (Å²) in [6.45, 7) is 13.2. The SMILES string of the molecule is C=C(C)C(=O)OCCCCCCCCCC(CCCCCCCC)OOC(=O)C(=C)C. The molecule has 180 valence electrons. The Morgan fingerprint density at radius 3 is 1.61 bits per heavy atom. The lowest BCUT2D eigenvalue weighted by atomic mass is 10.0. The molecule has 0 aromatic heterocycles. The summed E-state index contributed by atoms with van der Waals surface area (Å²) in [5.74, 6) is -0.784. The maximum Gasteiger partial charge on any atom is 0.368 e. The van der Waals surface area contributed by atoms with Gasteiger partial charge in [-0.2, -0.15) is 4.89 Å². The Balaban J connectivity index is 3.88. The number of carbonyl (C=O) groups is 2. The summed E-state index contributed by atoms with van der Waals surface area (Å²) in [4.78, 5) is 33.3. The zero-order valence-electron chi connectivity index (χ0n) is 20.3. The smallest absolute Gasteiger partial charge is 0.368 e. The highest BCUT2D eigenvalue weighted by Gasteiger charge is 2.14. The van der Waals surface area contributed by atoms with E-state index in [0.717, 1.165) is 51.4 Å². The van der Waals surface area contributed by atoms with Crippen LogP contribution in [0, 0.1) is 0 Å². The molecule has 0 aromatic rings. The second-order valence-corrected chi connectivity index (χ2v) is 8.61. The summed E-state index contributed by atoms with van der Waals surface area (Å²) in [5.41, 5.74) is 0.806. The Morgan fingerprint density at radius 1 is 0.677 bits per heavy atom. The van der Waals surface area contributed by atoms with Crippen LogP contribution in [0.25, 0.3) is 0 Å². The van der Waals surface area contributed by atoms with Gasteiger partial charge in [-0.05, 0) is 33.1 Å². The van der Waals surface area contributed by atoms with Crippen LogP contribution in [0.5, 0.6) is 0 Å². The van der Waals surface area contributed by atoms with Gasteiger partial charge < -0.3 is 4.74 Å². The maximum absolute atomic E-state index is 11.6. The largest absolute Gasteiger partial charge is 0.462 e. The number of hydrogen-bond acceptors (Lipinski definition) is 5. The maximum atomic E-state index is 11.6. The molecule has 0 aliphatic rings. The molecule has 5 heteroatoms. The molecule has 31 heavy (non-hydrogen) atoms. The Labute approximate surface area is 190 Å². The Hall–Kier alpha value is -1.62. The van der Waals surface area contributed by atoms with Gasteiger partial charge in [0.1, 0.15) is 6.10 Å². The number of unbranched alkanes of at least 4 members (excludes halogenated alkanes) is 11. The molecule has 0 radical (unpaired) electrons. The van der Waals surface area contributed by atoms with Gasteiger partial charge in [0.15, 0.2) is 0 Å². The second-order valence-electron chi connectivity index (χ2n) is 8.61. The lowest BCUT2D eigenvalue weighted by Gasteiger charge is -2.16. The molecule has 1 unspecified atom stereocenters. The first-order chi connectivity index (χ1) is 14.9. The van der Waals surface area contributed by atoms with E-state index >= 15 is 0 Å². The summed E-state index contributed by atoms with van der Waals surface area (Å²) in [7, 11) is 0. The van der Waals surface area contributed by atoms with Crippen LogP contribution in [0.4, 0.5) is 0 Å². The van der Waals surface area contributed by atoms with Crippen molar-refractivity contribution in [1.29, 1.82) is 0 Å². The van der Waals surface area contributed by atoms with E-state index in [9.17, 15) is 9.59 Å². The quantitative estimate of drug-likeness (QED) is 0.0614. The predicted octanol–water partition coefficient (Wildman–Crippen LogP) is 7.40. The van der Waals surface area contributed by atoms with Crippen molar-refractivity contribution in [2.45, 2.75) is 123 Å². The van der Waals surface area contributed by atoms with E-state index in [1.54, 1.807) is 13.8 Å². The van der Waals surface area contributed by atoms with Crippen molar-refractivity contribution in [3.05, 3.63) is 24.3 Å². The van der Waals surface area contributed by atoms with E-state index in [4.69, 9.17) is 14.5 Å². The van der Waals surface area contributed by atoms with Crippen LogP contribution in [0.2, 0.25) is 0 Å². The summed E-state index contributed by atoms with van der Waals surface area (Å²) >= 11 is 0. The molecule has 0 rings (SSSR count). The molecule has 0 fully saturated rings. The van der Waals surface area contributed by atoms with Crippen molar-refractivity contribution in [1.82, 2.24) is 0 Å². The molecule has 0 spiro atoms. The third-order valence-corrected chi connectivity index (χ3v) is 5.24. The Morgan fingerprint density at radius 2 is 1.13 bits per heavy atom. The van der Waals surface area contributed by atoms with E-state index in [2.05, 4.69) is 20.1 Å². The highest BCUT2D eigenvalue weighted by Crippen LogP contribution is 2.17. The summed E-state index contributed by atoms with van der Waals surface area (Å²) in [6, 6.07) is 0. The van der Waals surface area contributed by atoms with Crippen LogP contribution in [-0.4, -0.2) is 24.6 Å². The zero-order chi connectivity index (χ0) is 23.3. The van der Waals surface area contributed by atoms with Crippen molar-refractivity contribution in [3.8, 4) is 0 Å². The number of rotatable bonds is 21. The molecule has 0 amide bonds. The van der Waals surface area contributed by atoms with Crippen LogP contribution >= 0.6 is 0 Å². The molecule has 1 atom stereocenters. The minimum Gasteiger partial charge on any atom is -0.462 e. The van der Waals surface area contributed by atoms with Crippen molar-refractivity contribution in [2.75, 3.05) is 6.61 Å². The lowest BCUT2D eigenvalue weighted by molar-refractivity contribution is -0.297. The van der Waals surface area contributed by atoms with Crippen molar-refractivity contribution < 1.29 is 24.1 Å². The molecule has 5 nitrogen and oxygen atoms in total. The molecular formula is C26H46O5. The van der Waals surface area contributed by atoms with Crippen LogP contribution in [-0.2, 0) is 24.1 Å². The summed E-state index contributed by atoms with van der Waals surface area (Å²) < 4.78 is 5.10.